The van der Waals surface area contributed by atoms with E-state index in [2.05, 4.69) is 16.3 Å². The molecule has 11 nitrogen and oxygen atoms in total. The van der Waals surface area contributed by atoms with Crippen LogP contribution in [0.4, 0.5) is 10.6 Å². The molecule has 38 heavy (non-hydrogen) atoms. The van der Waals surface area contributed by atoms with E-state index >= 15 is 0 Å². The second-order valence-corrected chi connectivity index (χ2v) is 10.8. The Morgan fingerprint density at radius 3 is 2.58 bits per heavy atom. The van der Waals surface area contributed by atoms with Gasteiger partial charge in [0.05, 0.1) is 48.2 Å². The number of likely N-dealkylation sites (tertiary alicyclic amines) is 1. The zero-order valence-corrected chi connectivity index (χ0v) is 21.6. The summed E-state index contributed by atoms with van der Waals surface area (Å²) in [7, 11) is 1.86. The number of aryl methyl sites for hydroxylation is 1. The van der Waals surface area contributed by atoms with E-state index in [1.165, 1.54) is 0 Å². The Balaban J connectivity index is 1.29. The molecule has 11 heteroatoms. The molecule has 4 aromatic heterocycles. The van der Waals surface area contributed by atoms with Crippen LogP contribution in [0, 0.1) is 11.3 Å². The summed E-state index contributed by atoms with van der Waals surface area (Å²) >= 11 is 0. The monoisotopic (exact) mass is 512 g/mol. The van der Waals surface area contributed by atoms with Gasteiger partial charge in [-0.15, -0.1) is 0 Å². The molecule has 3 atom stereocenters. The Morgan fingerprint density at radius 1 is 1.11 bits per heavy atom. The van der Waals surface area contributed by atoms with Gasteiger partial charge in [0.1, 0.15) is 17.5 Å². The molecule has 1 amide bonds. The zero-order chi connectivity index (χ0) is 26.8. The summed E-state index contributed by atoms with van der Waals surface area (Å²) in [6.45, 7) is 6.29. The highest BCUT2D eigenvalue weighted by Gasteiger charge is 2.55. The van der Waals surface area contributed by atoms with Crippen molar-refractivity contribution < 1.29 is 14.6 Å². The Bertz CT molecular complexity index is 1580. The summed E-state index contributed by atoms with van der Waals surface area (Å²) in [4.78, 5) is 21.0. The van der Waals surface area contributed by atoms with Crippen molar-refractivity contribution in [3.63, 3.8) is 0 Å². The topological polar surface area (TPSA) is 125 Å². The molecule has 0 unspecified atom stereocenters. The number of amides is 1. The number of nitriles is 1. The predicted molar refractivity (Wildman–Crippen MR) is 139 cm³/mol. The summed E-state index contributed by atoms with van der Waals surface area (Å²) < 4.78 is 8.97. The number of hydrogen-bond acceptors (Lipinski definition) is 8. The first-order chi connectivity index (χ1) is 18.1. The Labute approximate surface area is 219 Å². The number of aromatic nitrogens is 5. The maximum absolute atomic E-state index is 12.6. The van der Waals surface area contributed by atoms with E-state index in [1.54, 1.807) is 32.7 Å². The molecule has 2 fully saturated rings. The first kappa shape index (κ1) is 23.9. The van der Waals surface area contributed by atoms with Gasteiger partial charge in [0.15, 0.2) is 0 Å². The lowest BCUT2D eigenvalue weighted by atomic mass is 9.95. The number of hydrogen-bond donors (Lipinski definition) is 1. The molecule has 0 bridgehead atoms. The fraction of sp³-hybridized carbons (Fsp3) is 0.370. The quantitative estimate of drug-likeness (QED) is 0.444. The standard InChI is InChI=1S/C27H28N8O3/c1-27(2,3)38-26(37)33-15-22(36)25-21(33)14-34(25)23-6-5-16(9-29-23)20-7-17(19-11-30-32(4)12-19)13-35-24(20)18(8-28)10-31-35/h5-7,9-13,21-22,25,36H,14-15H2,1-4H3/t21-,22+,25+/m0/s1. The Morgan fingerprint density at radius 2 is 1.92 bits per heavy atom. The number of aliphatic hydroxyl groups is 1. The highest BCUT2D eigenvalue weighted by Crippen LogP contribution is 2.38. The molecule has 0 saturated carbocycles. The third kappa shape index (κ3) is 3.94. The molecule has 4 aromatic rings. The van der Waals surface area contributed by atoms with Gasteiger partial charge in [0.25, 0.3) is 0 Å². The second kappa shape index (κ2) is 8.56. The molecule has 0 spiro atoms. The van der Waals surface area contributed by atoms with Crippen molar-refractivity contribution in [3.8, 4) is 28.3 Å². The Hall–Kier alpha value is -4.43. The van der Waals surface area contributed by atoms with Gasteiger partial charge in [-0.3, -0.25) is 9.58 Å². The average Bonchev–Trinajstić information content (AvgIpc) is 3.53. The molecule has 6 rings (SSSR count). The first-order valence-electron chi connectivity index (χ1n) is 12.4. The molecule has 2 aliphatic rings. The maximum Gasteiger partial charge on any atom is 0.410 e. The van der Waals surface area contributed by atoms with Crippen molar-refractivity contribution in [1.82, 2.24) is 29.3 Å². The van der Waals surface area contributed by atoms with Crippen LogP contribution in [-0.4, -0.2) is 77.4 Å². The van der Waals surface area contributed by atoms with Crippen molar-refractivity contribution in [2.75, 3.05) is 18.0 Å². The van der Waals surface area contributed by atoms with E-state index in [9.17, 15) is 15.2 Å². The predicted octanol–water partition coefficient (Wildman–Crippen LogP) is 2.84. The van der Waals surface area contributed by atoms with Gasteiger partial charge < -0.3 is 14.7 Å². The maximum atomic E-state index is 12.6. The molecule has 6 heterocycles. The number of ether oxygens (including phenoxy) is 1. The average molecular weight is 513 g/mol. The minimum atomic E-state index is -0.691. The van der Waals surface area contributed by atoms with Crippen LogP contribution in [-0.2, 0) is 11.8 Å². The molecular formula is C27H28N8O3. The van der Waals surface area contributed by atoms with Gasteiger partial charge in [-0.25, -0.2) is 14.3 Å². The van der Waals surface area contributed by atoms with Crippen molar-refractivity contribution in [2.45, 2.75) is 44.6 Å². The lowest BCUT2D eigenvalue weighted by Gasteiger charge is -2.47. The summed E-state index contributed by atoms with van der Waals surface area (Å²) in [6.07, 6.45) is 7.83. The van der Waals surface area contributed by atoms with Crippen LogP contribution in [0.3, 0.4) is 0 Å². The van der Waals surface area contributed by atoms with E-state index in [0.29, 0.717) is 23.4 Å². The number of carbonyl (C=O) groups excluding carboxylic acids is 1. The number of nitrogens with zero attached hydrogens (tertiary/aromatic N) is 8. The smallest absolute Gasteiger partial charge is 0.410 e. The third-order valence-corrected chi connectivity index (χ3v) is 7.07. The minimum absolute atomic E-state index is 0.123. The van der Waals surface area contributed by atoms with Gasteiger partial charge in [-0.2, -0.15) is 15.5 Å². The zero-order valence-electron chi connectivity index (χ0n) is 21.6. The van der Waals surface area contributed by atoms with Gasteiger partial charge in [0, 0.05) is 54.4 Å². The van der Waals surface area contributed by atoms with E-state index in [4.69, 9.17) is 9.72 Å². The SMILES string of the molecule is Cn1cc(-c2cc(-c3ccc(N4C[C@H]5[C@@H]4[C@H](O)CN5C(=O)OC(C)(C)C)nc3)c3c(C#N)cnn3c2)cn1. The van der Waals surface area contributed by atoms with Crippen LogP contribution in [0.2, 0.25) is 0 Å². The molecule has 0 aliphatic carbocycles. The second-order valence-electron chi connectivity index (χ2n) is 10.8. The van der Waals surface area contributed by atoms with Crippen LogP contribution in [0.15, 0.2) is 49.2 Å². The summed E-state index contributed by atoms with van der Waals surface area (Å²) in [5, 5.41) is 29.1. The Kier molecular flexibility index (Phi) is 5.39. The molecule has 0 radical (unpaired) electrons. The fourth-order valence-corrected chi connectivity index (χ4v) is 5.34. The number of fused-ring (bicyclic) bond motifs is 2. The van der Waals surface area contributed by atoms with Gasteiger partial charge in [-0.05, 0) is 39.0 Å². The fourth-order valence-electron chi connectivity index (χ4n) is 5.34. The van der Waals surface area contributed by atoms with E-state index in [1.807, 2.05) is 63.3 Å². The summed E-state index contributed by atoms with van der Waals surface area (Å²) in [6, 6.07) is 7.76. The van der Waals surface area contributed by atoms with Crippen molar-refractivity contribution >= 4 is 17.4 Å². The summed E-state index contributed by atoms with van der Waals surface area (Å²) in [5.41, 5.74) is 4.10. The normalized spacial score (nSPS) is 20.8. The first-order valence-corrected chi connectivity index (χ1v) is 12.4. The number of carbonyl (C=O) groups is 1. The van der Waals surface area contributed by atoms with Gasteiger partial charge in [-0.1, -0.05) is 0 Å². The third-order valence-electron chi connectivity index (χ3n) is 7.07. The number of aliphatic hydroxyl groups excluding tert-OH is 1. The summed E-state index contributed by atoms with van der Waals surface area (Å²) in [5.74, 6) is 0.716. The van der Waals surface area contributed by atoms with E-state index in [0.717, 1.165) is 22.3 Å². The minimum Gasteiger partial charge on any atom is -0.444 e. The highest BCUT2D eigenvalue weighted by atomic mass is 16.6. The highest BCUT2D eigenvalue weighted by molar-refractivity contribution is 5.87. The number of anilines is 1. The molecule has 2 saturated heterocycles. The molecule has 0 aromatic carbocycles. The number of rotatable bonds is 3. The van der Waals surface area contributed by atoms with Gasteiger partial charge >= 0.3 is 6.09 Å². The number of pyridine rings is 2. The van der Waals surface area contributed by atoms with Crippen LogP contribution in [0.1, 0.15) is 26.3 Å². The van der Waals surface area contributed by atoms with Crippen LogP contribution in [0.25, 0.3) is 27.8 Å². The van der Waals surface area contributed by atoms with Gasteiger partial charge in [0.2, 0.25) is 0 Å². The van der Waals surface area contributed by atoms with E-state index < -0.39 is 17.8 Å². The lowest BCUT2D eigenvalue weighted by molar-refractivity contribution is 0.0189. The van der Waals surface area contributed by atoms with Crippen LogP contribution in [0.5, 0.6) is 0 Å². The molecular weight excluding hydrogens is 484 g/mol. The largest absolute Gasteiger partial charge is 0.444 e. The molecule has 2 aliphatic heterocycles. The van der Waals surface area contributed by atoms with Crippen molar-refractivity contribution in [3.05, 3.63) is 54.7 Å². The van der Waals surface area contributed by atoms with Crippen molar-refractivity contribution in [1.29, 1.82) is 5.26 Å². The van der Waals surface area contributed by atoms with Crippen LogP contribution >= 0.6 is 0 Å². The number of β-amino-alcohol motifs (C(OH)–C–C–N with tert-alkyl or cyclic N) is 1. The molecule has 194 valence electrons. The van der Waals surface area contributed by atoms with Crippen LogP contribution < -0.4 is 4.90 Å². The molecule has 1 N–H and O–H groups in total. The van der Waals surface area contributed by atoms with Crippen molar-refractivity contribution in [2.24, 2.45) is 7.05 Å². The lowest BCUT2D eigenvalue weighted by Crippen LogP contribution is -2.65. The van der Waals surface area contributed by atoms with E-state index in [-0.39, 0.29) is 18.6 Å².